The molecule has 4 rings (SSSR count). The topological polar surface area (TPSA) is 40.7 Å². The minimum atomic E-state index is 0.550. The fraction of sp³-hybridized carbons (Fsp3) is 0.188. The van der Waals surface area contributed by atoms with Crippen LogP contribution in [0.2, 0.25) is 0 Å². The first kappa shape index (κ1) is 10.8. The zero-order chi connectivity index (χ0) is 12.7. The summed E-state index contributed by atoms with van der Waals surface area (Å²) in [4.78, 5) is 7.94. The molecule has 3 aromatic rings. The molecule has 0 bridgehead atoms. The predicted octanol–water partition coefficient (Wildman–Crippen LogP) is 2.92. The highest BCUT2D eigenvalue weighted by atomic mass is 15.0. The Labute approximate surface area is 111 Å². The molecule has 1 aliphatic heterocycles. The molecule has 2 N–H and O–H groups in total. The van der Waals surface area contributed by atoms with Crippen molar-refractivity contribution < 1.29 is 0 Å². The van der Waals surface area contributed by atoms with E-state index in [0.29, 0.717) is 5.92 Å². The lowest BCUT2D eigenvalue weighted by Gasteiger charge is -2.24. The quantitative estimate of drug-likeness (QED) is 0.733. The molecule has 0 atom stereocenters. The minimum absolute atomic E-state index is 0.550. The smallest absolute Gasteiger partial charge is 0.112 e. The zero-order valence-electron chi connectivity index (χ0n) is 10.6. The molecule has 0 saturated carbocycles. The fourth-order valence-electron chi connectivity index (χ4n) is 2.53. The van der Waals surface area contributed by atoms with Gasteiger partial charge < -0.3 is 10.3 Å². The van der Waals surface area contributed by atoms with E-state index in [1.54, 1.807) is 0 Å². The number of rotatable bonds is 2. The number of nitrogens with zero attached hydrogens (tertiary/aromatic N) is 1. The van der Waals surface area contributed by atoms with Gasteiger partial charge in [-0.1, -0.05) is 36.4 Å². The van der Waals surface area contributed by atoms with Gasteiger partial charge in [-0.25, -0.2) is 4.98 Å². The van der Waals surface area contributed by atoms with Crippen LogP contribution in [0.1, 0.15) is 11.7 Å². The molecular formula is C16H15N3. The molecule has 0 unspecified atom stereocenters. The molecule has 1 aromatic heterocycles. The highest BCUT2D eigenvalue weighted by molar-refractivity contribution is 5.86. The van der Waals surface area contributed by atoms with Crippen molar-refractivity contribution in [3.05, 3.63) is 54.5 Å². The van der Waals surface area contributed by atoms with E-state index in [1.165, 1.54) is 16.3 Å². The van der Waals surface area contributed by atoms with Gasteiger partial charge in [0.1, 0.15) is 5.82 Å². The van der Waals surface area contributed by atoms with Crippen molar-refractivity contribution in [1.82, 2.24) is 15.3 Å². The fourth-order valence-corrected chi connectivity index (χ4v) is 2.53. The Morgan fingerprint density at radius 2 is 1.84 bits per heavy atom. The normalized spacial score (nSPS) is 15.6. The van der Waals surface area contributed by atoms with Crippen molar-refractivity contribution in [3.8, 4) is 11.3 Å². The largest absolute Gasteiger partial charge is 0.342 e. The number of nitrogens with one attached hydrogen (secondary N) is 2. The Morgan fingerprint density at radius 1 is 1.00 bits per heavy atom. The van der Waals surface area contributed by atoms with Gasteiger partial charge in [-0.2, -0.15) is 0 Å². The van der Waals surface area contributed by atoms with Gasteiger partial charge in [0.05, 0.1) is 11.9 Å². The number of H-pyrrole nitrogens is 1. The number of hydrogen-bond donors (Lipinski definition) is 2. The summed E-state index contributed by atoms with van der Waals surface area (Å²) in [5.74, 6) is 1.65. The molecular weight excluding hydrogens is 234 g/mol. The third kappa shape index (κ3) is 1.83. The molecule has 3 heteroatoms. The standard InChI is InChI=1S/C16H15N3/c1-2-4-12-7-13(6-5-11(12)3-1)15-10-18-16(19-15)14-8-17-9-14/h1-7,10,14,17H,8-9H2,(H,18,19). The first-order valence-corrected chi connectivity index (χ1v) is 6.65. The van der Waals surface area contributed by atoms with Gasteiger partial charge in [0.2, 0.25) is 0 Å². The Bertz CT molecular complexity index is 725. The molecule has 1 fully saturated rings. The van der Waals surface area contributed by atoms with Crippen LogP contribution >= 0.6 is 0 Å². The molecule has 94 valence electrons. The Hall–Kier alpha value is -2.13. The van der Waals surface area contributed by atoms with Crippen LogP contribution in [0, 0.1) is 0 Å². The van der Waals surface area contributed by atoms with Gasteiger partial charge >= 0.3 is 0 Å². The summed E-state index contributed by atoms with van der Waals surface area (Å²) in [6.45, 7) is 2.06. The summed E-state index contributed by atoms with van der Waals surface area (Å²) in [5.41, 5.74) is 2.30. The van der Waals surface area contributed by atoms with Gasteiger partial charge in [-0.05, 0) is 16.8 Å². The monoisotopic (exact) mass is 249 g/mol. The van der Waals surface area contributed by atoms with Crippen molar-refractivity contribution in [2.45, 2.75) is 5.92 Å². The Morgan fingerprint density at radius 3 is 2.63 bits per heavy atom. The van der Waals surface area contributed by atoms with Crippen molar-refractivity contribution in [2.24, 2.45) is 0 Å². The number of aromatic nitrogens is 2. The second-order valence-corrected chi connectivity index (χ2v) is 5.10. The van der Waals surface area contributed by atoms with E-state index < -0.39 is 0 Å². The van der Waals surface area contributed by atoms with Crippen molar-refractivity contribution in [3.63, 3.8) is 0 Å². The molecule has 2 aromatic carbocycles. The Kier molecular flexibility index (Phi) is 2.38. The lowest BCUT2D eigenvalue weighted by molar-refractivity contribution is 0.433. The summed E-state index contributed by atoms with van der Waals surface area (Å²) in [6.07, 6.45) is 1.94. The second-order valence-electron chi connectivity index (χ2n) is 5.10. The maximum absolute atomic E-state index is 4.50. The number of aromatic amines is 1. The molecule has 19 heavy (non-hydrogen) atoms. The molecule has 0 aliphatic carbocycles. The molecule has 2 heterocycles. The average molecular weight is 249 g/mol. The van der Waals surface area contributed by atoms with Crippen LogP contribution in [-0.2, 0) is 0 Å². The summed E-state index contributed by atoms with van der Waals surface area (Å²) < 4.78 is 0. The van der Waals surface area contributed by atoms with Crippen LogP contribution in [0.3, 0.4) is 0 Å². The molecule has 1 saturated heterocycles. The van der Waals surface area contributed by atoms with E-state index in [1.807, 2.05) is 6.20 Å². The summed E-state index contributed by atoms with van der Waals surface area (Å²) in [7, 11) is 0. The van der Waals surface area contributed by atoms with E-state index in [0.717, 1.165) is 24.6 Å². The van der Waals surface area contributed by atoms with Crippen molar-refractivity contribution in [2.75, 3.05) is 13.1 Å². The van der Waals surface area contributed by atoms with E-state index in [-0.39, 0.29) is 0 Å². The van der Waals surface area contributed by atoms with Gasteiger partial charge in [0, 0.05) is 24.6 Å². The predicted molar refractivity (Wildman–Crippen MR) is 77.1 cm³/mol. The van der Waals surface area contributed by atoms with Crippen LogP contribution in [0.15, 0.2) is 48.7 Å². The maximum atomic E-state index is 4.50. The first-order valence-electron chi connectivity index (χ1n) is 6.65. The van der Waals surface area contributed by atoms with Crippen LogP contribution < -0.4 is 5.32 Å². The molecule has 0 spiro atoms. The maximum Gasteiger partial charge on any atom is 0.112 e. The molecule has 1 aliphatic rings. The van der Waals surface area contributed by atoms with E-state index >= 15 is 0 Å². The van der Waals surface area contributed by atoms with Gasteiger partial charge in [-0.3, -0.25) is 0 Å². The lowest BCUT2D eigenvalue weighted by Crippen LogP contribution is -2.40. The zero-order valence-corrected chi connectivity index (χ0v) is 10.6. The third-order valence-corrected chi connectivity index (χ3v) is 3.82. The number of imidazole rings is 1. The van der Waals surface area contributed by atoms with Crippen molar-refractivity contribution >= 4 is 10.8 Å². The Balaban J connectivity index is 1.74. The van der Waals surface area contributed by atoms with Gasteiger partial charge in [0.25, 0.3) is 0 Å². The third-order valence-electron chi connectivity index (χ3n) is 3.82. The van der Waals surface area contributed by atoms with Gasteiger partial charge in [0.15, 0.2) is 0 Å². The van der Waals surface area contributed by atoms with Gasteiger partial charge in [-0.15, -0.1) is 0 Å². The highest BCUT2D eigenvalue weighted by Crippen LogP contribution is 2.25. The minimum Gasteiger partial charge on any atom is -0.342 e. The van der Waals surface area contributed by atoms with Crippen LogP contribution in [0.25, 0.3) is 22.0 Å². The lowest BCUT2D eigenvalue weighted by atomic mass is 10.0. The second kappa shape index (κ2) is 4.21. The van der Waals surface area contributed by atoms with Crippen LogP contribution in [-0.4, -0.2) is 23.1 Å². The number of benzene rings is 2. The number of hydrogen-bond acceptors (Lipinski definition) is 2. The molecule has 0 amide bonds. The molecule has 3 nitrogen and oxygen atoms in total. The highest BCUT2D eigenvalue weighted by Gasteiger charge is 2.21. The van der Waals surface area contributed by atoms with E-state index in [4.69, 9.17) is 0 Å². The first-order chi connectivity index (χ1) is 9.40. The molecule has 0 radical (unpaired) electrons. The van der Waals surface area contributed by atoms with E-state index in [2.05, 4.69) is 57.7 Å². The number of fused-ring (bicyclic) bond motifs is 1. The SMILES string of the molecule is c1ccc2cc(-c3cnc(C4CNC4)[nH]3)ccc2c1. The summed E-state index contributed by atoms with van der Waals surface area (Å²) >= 11 is 0. The van der Waals surface area contributed by atoms with Crippen LogP contribution in [0.4, 0.5) is 0 Å². The van der Waals surface area contributed by atoms with Crippen molar-refractivity contribution in [1.29, 1.82) is 0 Å². The van der Waals surface area contributed by atoms with E-state index in [9.17, 15) is 0 Å². The van der Waals surface area contributed by atoms with Crippen LogP contribution in [0.5, 0.6) is 0 Å². The average Bonchev–Trinajstić information content (AvgIpc) is 2.85. The summed E-state index contributed by atoms with van der Waals surface area (Å²) in [6, 6.07) is 15.0. The summed E-state index contributed by atoms with van der Waals surface area (Å²) in [5, 5.41) is 5.81.